The van der Waals surface area contributed by atoms with Crippen molar-refractivity contribution in [3.8, 4) is 39.9 Å². The summed E-state index contributed by atoms with van der Waals surface area (Å²) in [5.41, 5.74) is 5.52. The van der Waals surface area contributed by atoms with Crippen molar-refractivity contribution in [1.29, 1.82) is 0 Å². The maximum absolute atomic E-state index is 6.64. The zero-order chi connectivity index (χ0) is 36.7. The van der Waals surface area contributed by atoms with E-state index in [1.165, 1.54) is 5.39 Å². The number of rotatable bonds is 4. The van der Waals surface area contributed by atoms with Crippen molar-refractivity contribution in [3.63, 3.8) is 0 Å². The standard InChI is InChI=1S/C45H23B5N4/c46-38-37(39(47)41(49)42(50)40(38)48)45-52-43(24-12-2-1-3-13-24)51-44(53-45)33-22-31-27-16-6-4-14-25(27)26-15-5-7-17-28(26)32(31)23-36(33)54-34-20-10-8-18-29(34)30-19-9-11-21-35(30)54/h1-23H. The first kappa shape index (κ1) is 32.3. The molecule has 0 aliphatic rings. The summed E-state index contributed by atoms with van der Waals surface area (Å²) in [6, 6.07) is 48.2. The third-order valence-electron chi connectivity index (χ3n) is 10.5. The van der Waals surface area contributed by atoms with Gasteiger partial charge in [-0.15, -0.1) is 16.4 Å². The van der Waals surface area contributed by atoms with Crippen molar-refractivity contribution in [3.05, 3.63) is 140 Å². The van der Waals surface area contributed by atoms with Crippen LogP contribution in [-0.4, -0.2) is 58.8 Å². The topological polar surface area (TPSA) is 43.6 Å². The fourth-order valence-corrected chi connectivity index (χ4v) is 7.90. The quantitative estimate of drug-likeness (QED) is 0.186. The van der Waals surface area contributed by atoms with Gasteiger partial charge in [-0.05, 0) is 56.6 Å². The monoisotopic (exact) mass is 674 g/mol. The Morgan fingerprint density at radius 1 is 0.352 bits per heavy atom. The molecule has 9 heteroatoms. The van der Waals surface area contributed by atoms with E-state index in [-0.39, 0.29) is 33.1 Å². The number of hydrogen-bond donors (Lipinski definition) is 0. The lowest BCUT2D eigenvalue weighted by Gasteiger charge is -2.21. The Kier molecular flexibility index (Phi) is 7.42. The first-order chi connectivity index (χ1) is 26.4. The van der Waals surface area contributed by atoms with Gasteiger partial charge in [-0.2, -0.15) is 0 Å². The molecule has 238 valence electrons. The van der Waals surface area contributed by atoms with Crippen molar-refractivity contribution >= 4 is 121 Å². The molecule has 0 saturated carbocycles. The third-order valence-corrected chi connectivity index (χ3v) is 10.5. The minimum Gasteiger partial charge on any atom is -0.308 e. The Morgan fingerprint density at radius 2 is 0.759 bits per heavy atom. The van der Waals surface area contributed by atoms with Gasteiger partial charge >= 0.3 is 0 Å². The average Bonchev–Trinajstić information content (AvgIpc) is 3.56. The second kappa shape index (κ2) is 12.4. The highest BCUT2D eigenvalue weighted by atomic mass is 15.1. The number of aromatic nitrogens is 4. The van der Waals surface area contributed by atoms with Gasteiger partial charge in [-0.1, -0.05) is 126 Å². The largest absolute Gasteiger partial charge is 0.308 e. The van der Waals surface area contributed by atoms with Gasteiger partial charge in [0, 0.05) is 27.5 Å². The Labute approximate surface area is 318 Å². The Balaban J connectivity index is 1.40. The van der Waals surface area contributed by atoms with Gasteiger partial charge in [0.1, 0.15) is 39.2 Å². The van der Waals surface area contributed by atoms with Crippen molar-refractivity contribution in [2.24, 2.45) is 0 Å². The molecule has 0 spiro atoms. The van der Waals surface area contributed by atoms with Crippen LogP contribution in [0.5, 0.6) is 0 Å². The van der Waals surface area contributed by atoms with Gasteiger partial charge < -0.3 is 4.57 Å². The molecule has 0 saturated heterocycles. The minimum absolute atomic E-state index is 0.119. The van der Waals surface area contributed by atoms with E-state index in [1.807, 2.05) is 30.3 Å². The summed E-state index contributed by atoms with van der Waals surface area (Å²) < 4.78 is 2.30. The predicted octanol–water partition coefficient (Wildman–Crippen LogP) is 5.40. The molecule has 0 N–H and O–H groups in total. The van der Waals surface area contributed by atoms with Crippen molar-refractivity contribution in [1.82, 2.24) is 19.5 Å². The zero-order valence-corrected chi connectivity index (χ0v) is 29.0. The molecule has 8 aromatic carbocycles. The maximum atomic E-state index is 6.64. The average molecular weight is 674 g/mol. The number of hydrogen-bond acceptors (Lipinski definition) is 3. The van der Waals surface area contributed by atoms with Crippen LogP contribution in [0.15, 0.2) is 140 Å². The van der Waals surface area contributed by atoms with E-state index in [9.17, 15) is 0 Å². The normalized spacial score (nSPS) is 11.7. The van der Waals surface area contributed by atoms with Crippen LogP contribution >= 0.6 is 0 Å². The van der Waals surface area contributed by atoms with E-state index in [1.54, 1.807) is 0 Å². The number of para-hydroxylation sites is 2. The summed E-state index contributed by atoms with van der Waals surface area (Å²) in [6.45, 7) is 0. The number of benzene rings is 8. The summed E-state index contributed by atoms with van der Waals surface area (Å²) in [5, 5.41) is 9.04. The van der Waals surface area contributed by atoms with Crippen LogP contribution in [-0.2, 0) is 0 Å². The Morgan fingerprint density at radius 3 is 1.31 bits per heavy atom. The van der Waals surface area contributed by atoms with E-state index in [4.69, 9.17) is 54.2 Å². The molecule has 10 radical (unpaired) electrons. The second-order valence-corrected chi connectivity index (χ2v) is 13.5. The highest BCUT2D eigenvalue weighted by molar-refractivity contribution is 6.68. The third kappa shape index (κ3) is 4.81. The van der Waals surface area contributed by atoms with Crippen LogP contribution in [0.1, 0.15) is 0 Å². The molecule has 10 aromatic rings. The lowest BCUT2D eigenvalue weighted by atomic mass is 9.60. The van der Waals surface area contributed by atoms with E-state index >= 15 is 0 Å². The van der Waals surface area contributed by atoms with Crippen LogP contribution in [0.25, 0.3) is 94.0 Å². The molecule has 0 atom stereocenters. The Hall–Kier alpha value is -6.33. The summed E-state index contributed by atoms with van der Waals surface area (Å²) in [5.74, 6) is 1.08. The first-order valence-electron chi connectivity index (χ1n) is 17.6. The van der Waals surface area contributed by atoms with Crippen molar-refractivity contribution in [2.75, 3.05) is 0 Å². The van der Waals surface area contributed by atoms with Gasteiger partial charge in [-0.3, -0.25) is 0 Å². The molecule has 2 aromatic heterocycles. The minimum atomic E-state index is 0.119. The van der Waals surface area contributed by atoms with Gasteiger partial charge in [0.2, 0.25) is 0 Å². The first-order valence-corrected chi connectivity index (χ1v) is 17.6. The maximum Gasteiger partial charge on any atom is 0.166 e. The summed E-state index contributed by atoms with van der Waals surface area (Å²) in [4.78, 5) is 15.3. The fourth-order valence-electron chi connectivity index (χ4n) is 7.90. The van der Waals surface area contributed by atoms with Crippen molar-refractivity contribution < 1.29 is 0 Å². The molecule has 0 amide bonds. The Bertz CT molecular complexity index is 3090. The molecule has 10 rings (SSSR count). The second-order valence-electron chi connectivity index (χ2n) is 13.5. The van der Waals surface area contributed by atoms with Crippen LogP contribution in [0, 0.1) is 0 Å². The SMILES string of the molecule is [B]c1c([B])c([B])c(-c2nc(-c3ccccc3)nc(-c3cc4c5ccccc5c5ccccc5c4cc3-n3c4ccccc4c4ccccc43)n2)c([B])c1[B]. The number of fused-ring (bicyclic) bond motifs is 9. The lowest BCUT2D eigenvalue weighted by Crippen LogP contribution is -2.55. The summed E-state index contributed by atoms with van der Waals surface area (Å²) in [7, 11) is 32.3. The van der Waals surface area contributed by atoms with Gasteiger partial charge in [0.05, 0.1) is 16.7 Å². The van der Waals surface area contributed by atoms with E-state index in [2.05, 4.69) is 114 Å². The molecular formula is C45H23B5N4. The summed E-state index contributed by atoms with van der Waals surface area (Å²) in [6.07, 6.45) is 0. The van der Waals surface area contributed by atoms with Gasteiger partial charge in [0.25, 0.3) is 0 Å². The molecule has 0 bridgehead atoms. The van der Waals surface area contributed by atoms with Gasteiger partial charge in [-0.25, -0.2) is 15.0 Å². The summed E-state index contributed by atoms with van der Waals surface area (Å²) >= 11 is 0. The lowest BCUT2D eigenvalue weighted by molar-refractivity contribution is 1.07. The fraction of sp³-hybridized carbons (Fsp3) is 0. The highest BCUT2D eigenvalue weighted by Crippen LogP contribution is 2.42. The molecule has 0 aliphatic carbocycles. The molecule has 4 nitrogen and oxygen atoms in total. The van der Waals surface area contributed by atoms with Crippen LogP contribution in [0.3, 0.4) is 0 Å². The van der Waals surface area contributed by atoms with E-state index in [0.717, 1.165) is 65.6 Å². The van der Waals surface area contributed by atoms with Crippen LogP contribution < -0.4 is 27.3 Å². The van der Waals surface area contributed by atoms with Crippen LogP contribution in [0.4, 0.5) is 0 Å². The molecule has 0 unspecified atom stereocenters. The van der Waals surface area contributed by atoms with Crippen LogP contribution in [0.2, 0.25) is 0 Å². The van der Waals surface area contributed by atoms with E-state index in [0.29, 0.717) is 17.2 Å². The highest BCUT2D eigenvalue weighted by Gasteiger charge is 2.23. The van der Waals surface area contributed by atoms with Gasteiger partial charge in [0.15, 0.2) is 17.5 Å². The van der Waals surface area contributed by atoms with E-state index < -0.39 is 0 Å². The molecule has 2 heterocycles. The molecule has 0 fully saturated rings. The zero-order valence-electron chi connectivity index (χ0n) is 29.0. The molecule has 0 aliphatic heterocycles. The molecule has 54 heavy (non-hydrogen) atoms. The number of nitrogens with zero attached hydrogens (tertiary/aromatic N) is 4. The van der Waals surface area contributed by atoms with Crippen molar-refractivity contribution in [2.45, 2.75) is 0 Å². The smallest absolute Gasteiger partial charge is 0.166 e. The molecular weight excluding hydrogens is 651 g/mol. The predicted molar refractivity (Wildman–Crippen MR) is 230 cm³/mol.